The Labute approximate surface area is 115 Å². The second kappa shape index (κ2) is 4.89. The van der Waals surface area contributed by atoms with E-state index in [1.54, 1.807) is 18.2 Å². The van der Waals surface area contributed by atoms with Gasteiger partial charge >= 0.3 is 0 Å². The first-order chi connectivity index (χ1) is 9.65. The topological polar surface area (TPSA) is 62.8 Å². The fourth-order valence-corrected chi connectivity index (χ4v) is 2.36. The van der Waals surface area contributed by atoms with Crippen LogP contribution in [0, 0.1) is 5.92 Å². The molecule has 0 fully saturated rings. The van der Waals surface area contributed by atoms with Crippen LogP contribution in [0.2, 0.25) is 0 Å². The number of hydrogen-bond donors (Lipinski definition) is 1. The maximum absolute atomic E-state index is 12.0. The summed E-state index contributed by atoms with van der Waals surface area (Å²) >= 11 is 0. The number of ketones is 1. The minimum absolute atomic E-state index is 0.0886. The van der Waals surface area contributed by atoms with Gasteiger partial charge in [-0.3, -0.25) is 9.59 Å². The second-order valence-corrected chi connectivity index (χ2v) is 4.93. The van der Waals surface area contributed by atoms with Crippen LogP contribution in [-0.2, 0) is 11.2 Å². The average Bonchev–Trinajstić information content (AvgIpc) is 2.44. The van der Waals surface area contributed by atoms with Gasteiger partial charge in [0.25, 0.3) is 5.56 Å². The number of carbonyl (C=O) groups is 1. The van der Waals surface area contributed by atoms with Crippen molar-refractivity contribution in [2.75, 3.05) is 0 Å². The van der Waals surface area contributed by atoms with E-state index in [4.69, 9.17) is 0 Å². The summed E-state index contributed by atoms with van der Waals surface area (Å²) in [6, 6.07) is 7.24. The van der Waals surface area contributed by atoms with Crippen LogP contribution in [0.15, 0.2) is 52.9 Å². The third-order valence-corrected chi connectivity index (χ3v) is 3.59. The first-order valence-electron chi connectivity index (χ1n) is 6.54. The second-order valence-electron chi connectivity index (χ2n) is 4.93. The molecule has 3 rings (SSSR count). The van der Waals surface area contributed by atoms with Gasteiger partial charge in [0.1, 0.15) is 5.82 Å². The molecule has 4 nitrogen and oxygen atoms in total. The van der Waals surface area contributed by atoms with Crippen molar-refractivity contribution in [2.24, 2.45) is 5.92 Å². The molecule has 4 heteroatoms. The first-order valence-corrected chi connectivity index (χ1v) is 6.54. The van der Waals surface area contributed by atoms with Crippen LogP contribution in [0.5, 0.6) is 0 Å². The van der Waals surface area contributed by atoms with Crippen molar-refractivity contribution in [1.29, 1.82) is 0 Å². The lowest BCUT2D eigenvalue weighted by molar-refractivity contribution is -0.116. The van der Waals surface area contributed by atoms with Crippen LogP contribution >= 0.6 is 0 Å². The van der Waals surface area contributed by atoms with E-state index in [0.29, 0.717) is 23.1 Å². The van der Waals surface area contributed by atoms with Crippen LogP contribution in [0.1, 0.15) is 12.7 Å². The summed E-state index contributed by atoms with van der Waals surface area (Å²) in [5, 5.41) is 0.581. The molecule has 100 valence electrons. The molecule has 1 unspecified atom stereocenters. The number of benzene rings is 1. The maximum atomic E-state index is 12.0. The van der Waals surface area contributed by atoms with Gasteiger partial charge in [0.05, 0.1) is 10.9 Å². The zero-order valence-corrected chi connectivity index (χ0v) is 11.1. The molecular formula is C16H14N2O2. The molecule has 1 aliphatic carbocycles. The summed E-state index contributed by atoms with van der Waals surface area (Å²) in [4.78, 5) is 30.9. The SMILES string of the molecule is CC1C(=O)C=CC=C1Cc1nc2ccccc2c(=O)[nH]1. The Balaban J connectivity index is 2.00. The third-order valence-electron chi connectivity index (χ3n) is 3.59. The fraction of sp³-hybridized carbons (Fsp3) is 0.188. The molecule has 0 bridgehead atoms. The highest BCUT2D eigenvalue weighted by molar-refractivity contribution is 5.95. The van der Waals surface area contributed by atoms with E-state index >= 15 is 0 Å². The van der Waals surface area contributed by atoms with Gasteiger partial charge < -0.3 is 4.98 Å². The van der Waals surface area contributed by atoms with E-state index < -0.39 is 0 Å². The monoisotopic (exact) mass is 266 g/mol. The Bertz CT molecular complexity index is 799. The van der Waals surface area contributed by atoms with Crippen molar-refractivity contribution >= 4 is 16.7 Å². The van der Waals surface area contributed by atoms with Crippen molar-refractivity contribution in [2.45, 2.75) is 13.3 Å². The molecular weight excluding hydrogens is 252 g/mol. The quantitative estimate of drug-likeness (QED) is 0.906. The zero-order valence-electron chi connectivity index (χ0n) is 11.1. The minimum Gasteiger partial charge on any atom is -0.310 e. The summed E-state index contributed by atoms with van der Waals surface area (Å²) in [6.07, 6.45) is 5.72. The van der Waals surface area contributed by atoms with Crippen molar-refractivity contribution in [3.8, 4) is 0 Å². The lowest BCUT2D eigenvalue weighted by atomic mass is 9.90. The predicted octanol–water partition coefficient (Wildman–Crippen LogP) is 2.17. The number of carbonyl (C=O) groups excluding carboxylic acids is 1. The van der Waals surface area contributed by atoms with Crippen LogP contribution in [0.25, 0.3) is 10.9 Å². The van der Waals surface area contributed by atoms with Crippen molar-refractivity contribution in [3.05, 3.63) is 64.2 Å². The van der Waals surface area contributed by atoms with Crippen LogP contribution in [0.3, 0.4) is 0 Å². The third kappa shape index (κ3) is 2.20. The van der Waals surface area contributed by atoms with Crippen molar-refractivity contribution in [1.82, 2.24) is 9.97 Å². The largest absolute Gasteiger partial charge is 0.310 e. The molecule has 1 aromatic heterocycles. The number of nitrogens with zero attached hydrogens (tertiary/aromatic N) is 1. The van der Waals surface area contributed by atoms with Gasteiger partial charge in [0.2, 0.25) is 0 Å². The van der Waals surface area contributed by atoms with Crippen molar-refractivity contribution in [3.63, 3.8) is 0 Å². The molecule has 0 aliphatic heterocycles. The first kappa shape index (κ1) is 12.5. The van der Waals surface area contributed by atoms with Gasteiger partial charge in [0.15, 0.2) is 5.78 Å². The average molecular weight is 266 g/mol. The molecule has 1 atom stereocenters. The highest BCUT2D eigenvalue weighted by atomic mass is 16.1. The molecule has 0 amide bonds. The Morgan fingerprint density at radius 3 is 2.90 bits per heavy atom. The number of H-pyrrole nitrogens is 1. The van der Waals surface area contributed by atoms with E-state index in [9.17, 15) is 9.59 Å². The van der Waals surface area contributed by atoms with Gasteiger partial charge in [-0.05, 0) is 18.2 Å². The minimum atomic E-state index is -0.156. The number of para-hydroxylation sites is 1. The lowest BCUT2D eigenvalue weighted by Gasteiger charge is -2.15. The van der Waals surface area contributed by atoms with Crippen LogP contribution in [-0.4, -0.2) is 15.8 Å². The molecule has 1 aliphatic rings. The van der Waals surface area contributed by atoms with E-state index in [2.05, 4.69) is 9.97 Å². The number of aromatic nitrogens is 2. The molecule has 1 N–H and O–H groups in total. The molecule has 0 saturated heterocycles. The smallest absolute Gasteiger partial charge is 0.258 e. The fourth-order valence-electron chi connectivity index (χ4n) is 2.36. The molecule has 2 aromatic rings. The molecule has 0 saturated carbocycles. The van der Waals surface area contributed by atoms with Crippen LogP contribution < -0.4 is 5.56 Å². The summed E-state index contributed by atoms with van der Waals surface area (Å²) in [7, 11) is 0. The molecule has 0 radical (unpaired) electrons. The van der Waals surface area contributed by atoms with Gasteiger partial charge in [-0.1, -0.05) is 36.8 Å². The van der Waals surface area contributed by atoms with Gasteiger partial charge in [-0.15, -0.1) is 0 Å². The molecule has 1 aromatic carbocycles. The normalized spacial score (nSPS) is 18.4. The highest BCUT2D eigenvalue weighted by Crippen LogP contribution is 2.20. The van der Waals surface area contributed by atoms with E-state index in [1.165, 1.54) is 0 Å². The van der Waals surface area contributed by atoms with Crippen molar-refractivity contribution < 1.29 is 4.79 Å². The Hall–Kier alpha value is -2.49. The van der Waals surface area contributed by atoms with E-state index in [1.807, 2.05) is 31.2 Å². The number of aromatic amines is 1. The Morgan fingerprint density at radius 2 is 2.05 bits per heavy atom. The number of rotatable bonds is 2. The number of hydrogen-bond acceptors (Lipinski definition) is 3. The summed E-state index contributed by atoms with van der Waals surface area (Å²) in [6.45, 7) is 1.87. The molecule has 1 heterocycles. The lowest BCUT2D eigenvalue weighted by Crippen LogP contribution is -2.18. The zero-order chi connectivity index (χ0) is 14.1. The number of allylic oxidation sites excluding steroid dienone is 4. The van der Waals surface area contributed by atoms with Crippen LogP contribution in [0.4, 0.5) is 0 Å². The molecule has 0 spiro atoms. The van der Waals surface area contributed by atoms with Gasteiger partial charge in [0, 0.05) is 12.3 Å². The summed E-state index contributed by atoms with van der Waals surface area (Å²) in [5.41, 5.74) is 1.50. The Kier molecular flexibility index (Phi) is 3.06. The number of nitrogens with one attached hydrogen (secondary N) is 1. The van der Waals surface area contributed by atoms with E-state index in [0.717, 1.165) is 5.57 Å². The maximum Gasteiger partial charge on any atom is 0.258 e. The highest BCUT2D eigenvalue weighted by Gasteiger charge is 2.19. The molecule has 20 heavy (non-hydrogen) atoms. The standard InChI is InChI=1S/C16H14N2O2/c1-10-11(5-4-8-14(10)19)9-15-17-13-7-3-2-6-12(13)16(20)18-15/h2-8,10H,9H2,1H3,(H,17,18,20). The summed E-state index contributed by atoms with van der Waals surface area (Å²) < 4.78 is 0. The summed E-state index contributed by atoms with van der Waals surface area (Å²) in [5.74, 6) is 0.525. The van der Waals surface area contributed by atoms with Gasteiger partial charge in [-0.25, -0.2) is 4.98 Å². The Morgan fingerprint density at radius 1 is 1.25 bits per heavy atom. The number of fused-ring (bicyclic) bond motifs is 1. The van der Waals surface area contributed by atoms with E-state index in [-0.39, 0.29) is 17.3 Å². The van der Waals surface area contributed by atoms with Gasteiger partial charge in [-0.2, -0.15) is 0 Å². The predicted molar refractivity (Wildman–Crippen MR) is 77.5 cm³/mol.